The van der Waals surface area contributed by atoms with Crippen molar-refractivity contribution < 1.29 is 4.74 Å². The number of hydrogen-bond donors (Lipinski definition) is 1. The molecule has 1 aliphatic carbocycles. The molecule has 1 aromatic rings. The summed E-state index contributed by atoms with van der Waals surface area (Å²) in [5.41, 5.74) is 0. The first-order valence-corrected chi connectivity index (χ1v) is 6.46. The maximum atomic E-state index is 5.37. The van der Waals surface area contributed by atoms with E-state index >= 15 is 0 Å². The standard InChI is InChI=1S/C11H19N3OS/c1-2-15-8-7-14-10(12-13-11(14)16)9-5-3-4-6-9/h9H,2-8H2,1H3,(H,13,16). The smallest absolute Gasteiger partial charge is 0.195 e. The summed E-state index contributed by atoms with van der Waals surface area (Å²) in [4.78, 5) is 0. The highest BCUT2D eigenvalue weighted by Crippen LogP contribution is 2.32. The summed E-state index contributed by atoms with van der Waals surface area (Å²) < 4.78 is 8.19. The minimum Gasteiger partial charge on any atom is -0.380 e. The average Bonchev–Trinajstić information content (AvgIpc) is 2.89. The molecule has 1 aliphatic rings. The van der Waals surface area contributed by atoms with Gasteiger partial charge in [-0.1, -0.05) is 12.8 Å². The van der Waals surface area contributed by atoms with E-state index < -0.39 is 0 Å². The van der Waals surface area contributed by atoms with E-state index in [9.17, 15) is 0 Å². The minimum atomic E-state index is 0.592. The van der Waals surface area contributed by atoms with Crippen LogP contribution < -0.4 is 0 Å². The van der Waals surface area contributed by atoms with E-state index in [1.54, 1.807) is 0 Å². The Morgan fingerprint density at radius 2 is 2.25 bits per heavy atom. The van der Waals surface area contributed by atoms with Crippen LogP contribution in [-0.4, -0.2) is 28.0 Å². The fourth-order valence-corrected chi connectivity index (χ4v) is 2.57. The fraction of sp³-hybridized carbons (Fsp3) is 0.818. The van der Waals surface area contributed by atoms with E-state index in [-0.39, 0.29) is 0 Å². The highest BCUT2D eigenvalue weighted by Gasteiger charge is 2.22. The van der Waals surface area contributed by atoms with Gasteiger partial charge in [0.05, 0.1) is 13.2 Å². The van der Waals surface area contributed by atoms with Crippen molar-refractivity contribution in [1.82, 2.24) is 14.8 Å². The van der Waals surface area contributed by atoms with Crippen molar-refractivity contribution in [2.75, 3.05) is 13.2 Å². The van der Waals surface area contributed by atoms with Crippen molar-refractivity contribution >= 4 is 12.2 Å². The monoisotopic (exact) mass is 241 g/mol. The van der Waals surface area contributed by atoms with Gasteiger partial charge in [-0.15, -0.1) is 0 Å². The van der Waals surface area contributed by atoms with Crippen LogP contribution in [0.4, 0.5) is 0 Å². The molecule has 0 radical (unpaired) electrons. The summed E-state index contributed by atoms with van der Waals surface area (Å²) in [6.07, 6.45) is 5.12. The van der Waals surface area contributed by atoms with Gasteiger partial charge in [0.15, 0.2) is 4.77 Å². The number of rotatable bonds is 5. The highest BCUT2D eigenvalue weighted by atomic mass is 32.1. The van der Waals surface area contributed by atoms with Crippen LogP contribution in [0.15, 0.2) is 0 Å². The Hall–Kier alpha value is -0.680. The maximum Gasteiger partial charge on any atom is 0.195 e. The van der Waals surface area contributed by atoms with Gasteiger partial charge in [-0.2, -0.15) is 5.10 Å². The zero-order valence-electron chi connectivity index (χ0n) is 9.74. The molecule has 0 spiro atoms. The predicted octanol–water partition coefficient (Wildman–Crippen LogP) is 2.63. The van der Waals surface area contributed by atoms with Gasteiger partial charge >= 0.3 is 0 Å². The van der Waals surface area contributed by atoms with Crippen LogP contribution in [0.5, 0.6) is 0 Å². The van der Waals surface area contributed by atoms with Gasteiger partial charge in [0.1, 0.15) is 5.82 Å². The number of H-pyrrole nitrogens is 1. The topological polar surface area (TPSA) is 42.8 Å². The third kappa shape index (κ3) is 2.52. The van der Waals surface area contributed by atoms with Gasteiger partial charge < -0.3 is 9.30 Å². The Bertz CT molecular complexity index is 379. The van der Waals surface area contributed by atoms with E-state index in [0.717, 1.165) is 23.7 Å². The van der Waals surface area contributed by atoms with Gasteiger partial charge in [0, 0.05) is 12.5 Å². The molecule has 16 heavy (non-hydrogen) atoms. The molecule has 90 valence electrons. The van der Waals surface area contributed by atoms with Crippen molar-refractivity contribution in [1.29, 1.82) is 0 Å². The Kier molecular flexibility index (Phi) is 4.12. The first-order valence-electron chi connectivity index (χ1n) is 6.05. The van der Waals surface area contributed by atoms with Crippen molar-refractivity contribution in [2.24, 2.45) is 0 Å². The van der Waals surface area contributed by atoms with E-state index in [0.29, 0.717) is 12.5 Å². The van der Waals surface area contributed by atoms with Crippen LogP contribution in [0, 0.1) is 4.77 Å². The average molecular weight is 241 g/mol. The van der Waals surface area contributed by atoms with Gasteiger partial charge in [-0.25, -0.2) is 0 Å². The van der Waals surface area contributed by atoms with E-state index in [1.807, 2.05) is 6.92 Å². The van der Waals surface area contributed by atoms with Crippen molar-refractivity contribution in [3.63, 3.8) is 0 Å². The van der Waals surface area contributed by atoms with Crippen molar-refractivity contribution in [2.45, 2.75) is 45.1 Å². The summed E-state index contributed by atoms with van der Waals surface area (Å²) >= 11 is 5.25. The molecule has 0 aromatic carbocycles. The van der Waals surface area contributed by atoms with Gasteiger partial charge in [0.25, 0.3) is 0 Å². The predicted molar refractivity (Wildman–Crippen MR) is 65.1 cm³/mol. The summed E-state index contributed by atoms with van der Waals surface area (Å²) in [6.45, 7) is 4.29. The van der Waals surface area contributed by atoms with Gasteiger partial charge in [-0.3, -0.25) is 5.10 Å². The number of aromatic amines is 1. The molecule has 0 saturated heterocycles. The Labute approximate surface area is 101 Å². The molecule has 1 aromatic heterocycles. The summed E-state index contributed by atoms with van der Waals surface area (Å²) in [5.74, 6) is 1.72. The SMILES string of the molecule is CCOCCn1c(C2CCCC2)n[nH]c1=S. The maximum absolute atomic E-state index is 5.37. The van der Waals surface area contributed by atoms with Crippen LogP contribution in [0.3, 0.4) is 0 Å². The number of ether oxygens (including phenoxy) is 1. The Balaban J connectivity index is 2.08. The van der Waals surface area contributed by atoms with Crippen LogP contribution in [0.1, 0.15) is 44.3 Å². The van der Waals surface area contributed by atoms with E-state index in [4.69, 9.17) is 17.0 Å². The largest absolute Gasteiger partial charge is 0.380 e. The molecule has 0 aliphatic heterocycles. The van der Waals surface area contributed by atoms with Crippen molar-refractivity contribution in [3.8, 4) is 0 Å². The second-order valence-corrected chi connectivity index (χ2v) is 4.60. The summed E-state index contributed by atoms with van der Waals surface area (Å²) in [6, 6.07) is 0. The summed E-state index contributed by atoms with van der Waals surface area (Å²) in [5, 5.41) is 7.27. The summed E-state index contributed by atoms with van der Waals surface area (Å²) in [7, 11) is 0. The molecule has 1 saturated carbocycles. The number of nitrogens with zero attached hydrogens (tertiary/aromatic N) is 2. The van der Waals surface area contributed by atoms with Gasteiger partial charge in [-0.05, 0) is 32.0 Å². The lowest BCUT2D eigenvalue weighted by Crippen LogP contribution is -2.11. The molecule has 4 nitrogen and oxygen atoms in total. The molecule has 0 unspecified atom stereocenters. The first kappa shape index (κ1) is 11.8. The lowest BCUT2D eigenvalue weighted by Gasteiger charge is -2.11. The molecule has 0 amide bonds. The van der Waals surface area contributed by atoms with Crippen LogP contribution in [0.2, 0.25) is 0 Å². The number of hydrogen-bond acceptors (Lipinski definition) is 3. The second-order valence-electron chi connectivity index (χ2n) is 4.22. The minimum absolute atomic E-state index is 0.592. The normalized spacial score (nSPS) is 17.1. The quantitative estimate of drug-likeness (QED) is 0.636. The zero-order chi connectivity index (χ0) is 11.4. The van der Waals surface area contributed by atoms with Crippen LogP contribution >= 0.6 is 12.2 Å². The Morgan fingerprint density at radius 3 is 2.94 bits per heavy atom. The third-order valence-electron chi connectivity index (χ3n) is 3.17. The molecular formula is C11H19N3OS. The molecule has 1 N–H and O–H groups in total. The lowest BCUT2D eigenvalue weighted by atomic mass is 10.1. The number of aromatic nitrogens is 3. The molecule has 0 bridgehead atoms. The second kappa shape index (κ2) is 5.59. The molecule has 1 fully saturated rings. The van der Waals surface area contributed by atoms with Crippen molar-refractivity contribution in [3.05, 3.63) is 10.6 Å². The van der Waals surface area contributed by atoms with Crippen LogP contribution in [-0.2, 0) is 11.3 Å². The van der Waals surface area contributed by atoms with Crippen LogP contribution in [0.25, 0.3) is 0 Å². The fourth-order valence-electron chi connectivity index (χ4n) is 2.34. The zero-order valence-corrected chi connectivity index (χ0v) is 10.6. The molecule has 1 heterocycles. The molecular weight excluding hydrogens is 222 g/mol. The van der Waals surface area contributed by atoms with E-state index in [1.165, 1.54) is 25.7 Å². The van der Waals surface area contributed by atoms with Gasteiger partial charge in [0.2, 0.25) is 0 Å². The number of nitrogens with one attached hydrogen (secondary N) is 1. The third-order valence-corrected chi connectivity index (χ3v) is 3.48. The highest BCUT2D eigenvalue weighted by molar-refractivity contribution is 7.71. The Morgan fingerprint density at radius 1 is 1.50 bits per heavy atom. The molecule has 0 atom stereocenters. The molecule has 2 rings (SSSR count). The lowest BCUT2D eigenvalue weighted by molar-refractivity contribution is 0.137. The van der Waals surface area contributed by atoms with E-state index in [2.05, 4.69) is 14.8 Å². The first-order chi connectivity index (χ1) is 7.83. The molecule has 5 heteroatoms.